The van der Waals surface area contributed by atoms with Crippen molar-refractivity contribution in [1.82, 2.24) is 15.1 Å². The first-order valence-corrected chi connectivity index (χ1v) is 9.00. The van der Waals surface area contributed by atoms with Gasteiger partial charge in [0.05, 0.1) is 17.9 Å². The maximum Gasteiger partial charge on any atom is 0.236 e. The third-order valence-electron chi connectivity index (χ3n) is 3.41. The van der Waals surface area contributed by atoms with E-state index in [2.05, 4.69) is 25.8 Å². The number of rotatable bonds is 8. The Labute approximate surface area is 154 Å². The molecule has 2 heterocycles. The molecule has 2 aromatic heterocycles. The molecule has 0 bridgehead atoms. The highest BCUT2D eigenvalue weighted by molar-refractivity contribution is 7.99. The number of fused-ring (bicyclic) bond motifs is 1. The summed E-state index contributed by atoms with van der Waals surface area (Å²) in [6, 6.07) is 9.39. The predicted octanol–water partition coefficient (Wildman–Crippen LogP) is 2.72. The van der Waals surface area contributed by atoms with Crippen molar-refractivity contribution < 1.29 is 14.1 Å². The van der Waals surface area contributed by atoms with Crippen LogP contribution in [0.1, 0.15) is 5.76 Å². The second kappa shape index (κ2) is 8.63. The van der Waals surface area contributed by atoms with E-state index in [1.54, 1.807) is 20.1 Å². The van der Waals surface area contributed by atoms with Gasteiger partial charge in [-0.3, -0.25) is 4.79 Å². The third kappa shape index (κ3) is 4.70. The molecule has 0 fully saturated rings. The van der Waals surface area contributed by atoms with Crippen LogP contribution in [0.25, 0.3) is 10.9 Å². The molecule has 1 aromatic carbocycles. The van der Waals surface area contributed by atoms with Crippen LogP contribution >= 0.6 is 11.8 Å². The molecule has 0 aliphatic heterocycles. The van der Waals surface area contributed by atoms with Gasteiger partial charge in [0.1, 0.15) is 11.6 Å². The molecule has 0 aliphatic carbocycles. The van der Waals surface area contributed by atoms with Gasteiger partial charge in [0.15, 0.2) is 11.0 Å². The maximum absolute atomic E-state index is 12.1. The number of nitrogens with one attached hydrogen (secondary N) is 2. The zero-order chi connectivity index (χ0) is 18.4. The van der Waals surface area contributed by atoms with Crippen molar-refractivity contribution in [3.8, 4) is 0 Å². The number of methoxy groups -OCH3 is 1. The summed E-state index contributed by atoms with van der Waals surface area (Å²) in [6.07, 6.45) is 0. The Kier molecular flexibility index (Phi) is 6.03. The minimum absolute atomic E-state index is 0.168. The molecule has 1 amide bonds. The molecule has 0 saturated heterocycles. The molecule has 136 valence electrons. The number of para-hydroxylation sites is 1. The molecule has 0 aliphatic rings. The highest BCUT2D eigenvalue weighted by atomic mass is 32.2. The highest BCUT2D eigenvalue weighted by Crippen LogP contribution is 2.24. The van der Waals surface area contributed by atoms with Gasteiger partial charge in [0.25, 0.3) is 0 Å². The molecule has 3 aromatic rings. The van der Waals surface area contributed by atoms with E-state index in [-0.39, 0.29) is 11.7 Å². The van der Waals surface area contributed by atoms with Crippen molar-refractivity contribution in [2.24, 2.45) is 0 Å². The number of carbonyl (C=O) groups excluding carboxylic acids is 1. The first kappa shape index (κ1) is 18.2. The molecular weight excluding hydrogens is 354 g/mol. The number of hydrogen-bond acceptors (Lipinski definition) is 8. The fraction of sp³-hybridized carbons (Fsp3) is 0.294. The van der Waals surface area contributed by atoms with E-state index in [4.69, 9.17) is 9.26 Å². The first-order valence-electron chi connectivity index (χ1n) is 8.01. The third-order valence-corrected chi connectivity index (χ3v) is 4.26. The molecule has 2 N–H and O–H groups in total. The average molecular weight is 373 g/mol. The maximum atomic E-state index is 12.1. The van der Waals surface area contributed by atoms with Gasteiger partial charge >= 0.3 is 0 Å². The molecule has 0 spiro atoms. The highest BCUT2D eigenvalue weighted by Gasteiger charge is 2.11. The van der Waals surface area contributed by atoms with E-state index >= 15 is 0 Å². The summed E-state index contributed by atoms with van der Waals surface area (Å²) in [6.45, 7) is 2.96. The first-order chi connectivity index (χ1) is 12.7. The second-order valence-corrected chi connectivity index (χ2v) is 6.39. The van der Waals surface area contributed by atoms with E-state index in [1.807, 2.05) is 24.3 Å². The summed E-state index contributed by atoms with van der Waals surface area (Å²) in [5.74, 6) is 1.73. The van der Waals surface area contributed by atoms with Gasteiger partial charge in [-0.15, -0.1) is 0 Å². The minimum atomic E-state index is -0.200. The predicted molar refractivity (Wildman–Crippen MR) is 100 cm³/mol. The van der Waals surface area contributed by atoms with Crippen LogP contribution in [0.2, 0.25) is 0 Å². The number of carbonyl (C=O) groups is 1. The summed E-state index contributed by atoms with van der Waals surface area (Å²) in [7, 11) is 1.65. The number of anilines is 2. The smallest absolute Gasteiger partial charge is 0.236 e. The van der Waals surface area contributed by atoms with Crippen molar-refractivity contribution in [3.63, 3.8) is 0 Å². The Morgan fingerprint density at radius 2 is 2.15 bits per heavy atom. The Morgan fingerprint density at radius 3 is 2.92 bits per heavy atom. The van der Waals surface area contributed by atoms with E-state index in [0.29, 0.717) is 29.9 Å². The summed E-state index contributed by atoms with van der Waals surface area (Å²) >= 11 is 1.26. The molecule has 9 heteroatoms. The van der Waals surface area contributed by atoms with Gasteiger partial charge in [-0.25, -0.2) is 9.97 Å². The average Bonchev–Trinajstić information content (AvgIpc) is 3.05. The van der Waals surface area contributed by atoms with E-state index in [0.717, 1.165) is 16.7 Å². The molecular formula is C17H19N5O3S. The number of ether oxygens (including phenoxy) is 1. The van der Waals surface area contributed by atoms with Gasteiger partial charge in [0.2, 0.25) is 5.91 Å². The normalized spacial score (nSPS) is 10.8. The molecule has 0 radical (unpaired) electrons. The summed E-state index contributed by atoms with van der Waals surface area (Å²) in [5.41, 5.74) is 0.817. The monoisotopic (exact) mass is 373 g/mol. The van der Waals surface area contributed by atoms with Crippen molar-refractivity contribution >= 4 is 40.2 Å². The zero-order valence-corrected chi connectivity index (χ0v) is 15.3. The van der Waals surface area contributed by atoms with Crippen LogP contribution in [0.3, 0.4) is 0 Å². The van der Waals surface area contributed by atoms with Crippen molar-refractivity contribution in [3.05, 3.63) is 36.1 Å². The van der Waals surface area contributed by atoms with Crippen LogP contribution in [-0.2, 0) is 9.53 Å². The fourth-order valence-corrected chi connectivity index (χ4v) is 2.91. The fourth-order valence-electron chi connectivity index (χ4n) is 2.26. The molecule has 0 unspecified atom stereocenters. The van der Waals surface area contributed by atoms with Gasteiger partial charge < -0.3 is 19.9 Å². The Balaban J connectivity index is 1.69. The number of hydrogen-bond donors (Lipinski definition) is 2. The molecule has 0 atom stereocenters. The lowest BCUT2D eigenvalue weighted by Crippen LogP contribution is -2.15. The number of nitrogens with zero attached hydrogens (tertiary/aromatic N) is 3. The van der Waals surface area contributed by atoms with E-state index in [1.165, 1.54) is 11.8 Å². The van der Waals surface area contributed by atoms with Gasteiger partial charge in [-0.1, -0.05) is 29.1 Å². The van der Waals surface area contributed by atoms with Crippen LogP contribution in [0.15, 0.2) is 40.0 Å². The topological polar surface area (TPSA) is 102 Å². The quantitative estimate of drug-likeness (QED) is 0.353. The van der Waals surface area contributed by atoms with Gasteiger partial charge in [0, 0.05) is 25.1 Å². The van der Waals surface area contributed by atoms with Gasteiger partial charge in [-0.05, 0) is 19.1 Å². The molecule has 26 heavy (non-hydrogen) atoms. The number of benzene rings is 1. The summed E-state index contributed by atoms with van der Waals surface area (Å²) in [5, 5.41) is 11.1. The van der Waals surface area contributed by atoms with Crippen molar-refractivity contribution in [1.29, 1.82) is 0 Å². The molecule has 3 rings (SSSR count). The standard InChI is InChI=1S/C17H19N5O3S/c1-11-9-14(22-25-11)20-15(23)10-26-17-19-13-6-4-3-5-12(13)16(21-17)18-7-8-24-2/h3-6,9H,7-8,10H2,1-2H3,(H,18,19,21)(H,20,22,23). The SMILES string of the molecule is COCCNc1nc(SCC(=O)Nc2cc(C)on2)nc2ccccc12. The lowest BCUT2D eigenvalue weighted by atomic mass is 10.2. The lowest BCUT2D eigenvalue weighted by molar-refractivity contribution is -0.113. The number of aryl methyl sites for hydroxylation is 1. The summed E-state index contributed by atoms with van der Waals surface area (Å²) < 4.78 is 9.99. The van der Waals surface area contributed by atoms with Crippen LogP contribution < -0.4 is 10.6 Å². The minimum Gasteiger partial charge on any atom is -0.383 e. The largest absolute Gasteiger partial charge is 0.383 e. The number of thioether (sulfide) groups is 1. The number of aromatic nitrogens is 3. The van der Waals surface area contributed by atoms with Crippen LogP contribution in [0.4, 0.5) is 11.6 Å². The summed E-state index contributed by atoms with van der Waals surface area (Å²) in [4.78, 5) is 21.1. The Hall–Kier alpha value is -2.65. The Bertz CT molecular complexity index is 899. The molecule has 8 nitrogen and oxygen atoms in total. The second-order valence-electron chi connectivity index (χ2n) is 5.45. The van der Waals surface area contributed by atoms with Crippen molar-refractivity contribution in [2.75, 3.05) is 36.6 Å². The van der Waals surface area contributed by atoms with Gasteiger partial charge in [-0.2, -0.15) is 0 Å². The van der Waals surface area contributed by atoms with Crippen molar-refractivity contribution in [2.45, 2.75) is 12.1 Å². The zero-order valence-electron chi connectivity index (χ0n) is 14.5. The van der Waals surface area contributed by atoms with Crippen LogP contribution in [-0.4, -0.2) is 47.0 Å². The molecule has 0 saturated carbocycles. The van der Waals surface area contributed by atoms with E-state index in [9.17, 15) is 4.79 Å². The number of amides is 1. The Morgan fingerprint density at radius 1 is 1.31 bits per heavy atom. The van der Waals surface area contributed by atoms with Crippen LogP contribution in [0, 0.1) is 6.92 Å². The lowest BCUT2D eigenvalue weighted by Gasteiger charge is -2.10. The van der Waals surface area contributed by atoms with E-state index < -0.39 is 0 Å². The van der Waals surface area contributed by atoms with Crippen LogP contribution in [0.5, 0.6) is 0 Å².